The van der Waals surface area contributed by atoms with Crippen molar-refractivity contribution in [2.24, 2.45) is 11.1 Å². The van der Waals surface area contributed by atoms with Crippen LogP contribution in [0.15, 0.2) is 6.07 Å². The van der Waals surface area contributed by atoms with E-state index in [9.17, 15) is 4.79 Å². The molecule has 1 rings (SSSR count). The number of hydrogen-bond acceptors (Lipinski definition) is 3. The Balaban J connectivity index is 2.63. The lowest BCUT2D eigenvalue weighted by Crippen LogP contribution is -2.41. The molecule has 0 saturated heterocycles. The second kappa shape index (κ2) is 5.52. The number of amides is 1. The molecular weight excluding hydrogens is 228 g/mol. The van der Waals surface area contributed by atoms with Crippen LogP contribution in [-0.2, 0) is 11.3 Å². The number of nitrogens with two attached hydrogens (primary N) is 1. The quantitative estimate of drug-likeness (QED) is 0.848. The lowest BCUT2D eigenvalue weighted by molar-refractivity contribution is -0.131. The fourth-order valence-electron chi connectivity index (χ4n) is 1.88. The Morgan fingerprint density at radius 2 is 2.11 bits per heavy atom. The minimum Gasteiger partial charge on any atom is -0.344 e. The molecule has 1 aromatic rings. The highest BCUT2D eigenvalue weighted by Gasteiger charge is 2.21. The number of carbonyl (C=O) groups excluding carboxylic acids is 1. The molecule has 2 N–H and O–H groups in total. The van der Waals surface area contributed by atoms with E-state index in [0.717, 1.165) is 11.4 Å². The molecule has 5 nitrogen and oxygen atoms in total. The minimum absolute atomic E-state index is 0.0561. The zero-order chi connectivity index (χ0) is 13.9. The van der Waals surface area contributed by atoms with E-state index in [-0.39, 0.29) is 17.9 Å². The summed E-state index contributed by atoms with van der Waals surface area (Å²) in [4.78, 5) is 13.8. The van der Waals surface area contributed by atoms with Crippen LogP contribution >= 0.6 is 0 Å². The number of carbonyl (C=O) groups is 1. The van der Waals surface area contributed by atoms with Gasteiger partial charge in [0.1, 0.15) is 6.54 Å². The molecule has 1 heterocycles. The number of nitrogens with zero attached hydrogens (tertiary/aromatic N) is 3. The highest BCUT2D eigenvalue weighted by molar-refractivity contribution is 5.75. The molecule has 0 radical (unpaired) electrons. The van der Waals surface area contributed by atoms with E-state index in [2.05, 4.69) is 18.9 Å². The Morgan fingerprint density at radius 1 is 1.50 bits per heavy atom. The molecule has 0 aliphatic carbocycles. The van der Waals surface area contributed by atoms with Crippen molar-refractivity contribution in [1.29, 1.82) is 0 Å². The minimum atomic E-state index is -0.0561. The van der Waals surface area contributed by atoms with Gasteiger partial charge in [-0.1, -0.05) is 13.8 Å². The first kappa shape index (κ1) is 14.7. The number of rotatable bonds is 5. The summed E-state index contributed by atoms with van der Waals surface area (Å²) < 4.78 is 1.74. The van der Waals surface area contributed by atoms with Gasteiger partial charge in [0.05, 0.1) is 5.69 Å². The van der Waals surface area contributed by atoms with Gasteiger partial charge in [-0.25, -0.2) is 0 Å². The van der Waals surface area contributed by atoms with Gasteiger partial charge in [-0.05, 0) is 31.9 Å². The van der Waals surface area contributed by atoms with E-state index < -0.39 is 0 Å². The Labute approximate surface area is 109 Å². The predicted molar refractivity (Wildman–Crippen MR) is 72.2 cm³/mol. The maximum absolute atomic E-state index is 12.1. The van der Waals surface area contributed by atoms with Crippen LogP contribution in [0.1, 0.15) is 25.2 Å². The number of aromatic nitrogens is 2. The van der Waals surface area contributed by atoms with Gasteiger partial charge in [0.15, 0.2) is 0 Å². The molecule has 18 heavy (non-hydrogen) atoms. The smallest absolute Gasteiger partial charge is 0.244 e. The van der Waals surface area contributed by atoms with Gasteiger partial charge < -0.3 is 10.6 Å². The molecule has 1 aromatic heterocycles. The van der Waals surface area contributed by atoms with Crippen molar-refractivity contribution < 1.29 is 4.79 Å². The molecule has 0 aromatic carbocycles. The van der Waals surface area contributed by atoms with Gasteiger partial charge in [-0.15, -0.1) is 0 Å². The van der Waals surface area contributed by atoms with Crippen LogP contribution in [0.2, 0.25) is 0 Å². The lowest BCUT2D eigenvalue weighted by Gasteiger charge is -2.29. The summed E-state index contributed by atoms with van der Waals surface area (Å²) in [6.45, 7) is 9.50. The van der Waals surface area contributed by atoms with E-state index in [4.69, 9.17) is 5.73 Å². The summed E-state index contributed by atoms with van der Waals surface area (Å²) >= 11 is 0. The molecule has 0 bridgehead atoms. The highest BCUT2D eigenvalue weighted by atomic mass is 16.2. The summed E-state index contributed by atoms with van der Waals surface area (Å²) in [7, 11) is 1.81. The summed E-state index contributed by atoms with van der Waals surface area (Å²) in [5, 5.41) is 4.29. The standard InChI is InChI=1S/C13H24N4O/c1-10-6-11(2)17(15-10)7-12(18)16(5)9-13(3,4)8-14/h6H,7-9,14H2,1-5H3. The van der Waals surface area contributed by atoms with Gasteiger partial charge in [0.2, 0.25) is 5.91 Å². The second-order valence-corrected chi connectivity index (χ2v) is 5.70. The molecule has 0 aliphatic heterocycles. The van der Waals surface area contributed by atoms with Gasteiger partial charge in [0, 0.05) is 19.3 Å². The molecule has 0 atom stereocenters. The third-order valence-electron chi connectivity index (χ3n) is 3.03. The zero-order valence-electron chi connectivity index (χ0n) is 12.0. The summed E-state index contributed by atoms with van der Waals surface area (Å²) in [5.74, 6) is 0.0581. The van der Waals surface area contributed by atoms with E-state index in [0.29, 0.717) is 13.1 Å². The van der Waals surface area contributed by atoms with E-state index in [1.165, 1.54) is 0 Å². The first-order valence-electron chi connectivity index (χ1n) is 6.20. The lowest BCUT2D eigenvalue weighted by atomic mass is 9.93. The summed E-state index contributed by atoms with van der Waals surface area (Å²) in [5.41, 5.74) is 7.57. The second-order valence-electron chi connectivity index (χ2n) is 5.70. The average molecular weight is 252 g/mol. The van der Waals surface area contributed by atoms with E-state index >= 15 is 0 Å². The predicted octanol–water partition coefficient (Wildman–Crippen LogP) is 0.943. The van der Waals surface area contributed by atoms with Crippen LogP contribution in [0.25, 0.3) is 0 Å². The maximum atomic E-state index is 12.1. The van der Waals surface area contributed by atoms with Crippen molar-refractivity contribution in [1.82, 2.24) is 14.7 Å². The molecule has 0 aliphatic rings. The molecule has 1 amide bonds. The summed E-state index contributed by atoms with van der Waals surface area (Å²) in [6.07, 6.45) is 0. The van der Waals surface area contributed by atoms with Crippen molar-refractivity contribution in [3.63, 3.8) is 0 Å². The van der Waals surface area contributed by atoms with Crippen LogP contribution in [0, 0.1) is 19.3 Å². The fraction of sp³-hybridized carbons (Fsp3) is 0.692. The van der Waals surface area contributed by atoms with Crippen LogP contribution in [0.3, 0.4) is 0 Å². The first-order valence-corrected chi connectivity index (χ1v) is 6.20. The SMILES string of the molecule is Cc1cc(C)n(CC(=O)N(C)CC(C)(C)CN)n1. The molecule has 0 spiro atoms. The maximum Gasteiger partial charge on any atom is 0.244 e. The highest BCUT2D eigenvalue weighted by Crippen LogP contribution is 2.14. The van der Waals surface area contributed by atoms with Crippen LogP contribution in [-0.4, -0.2) is 40.7 Å². The van der Waals surface area contributed by atoms with Crippen molar-refractivity contribution in [2.45, 2.75) is 34.2 Å². The van der Waals surface area contributed by atoms with Crippen molar-refractivity contribution >= 4 is 5.91 Å². The monoisotopic (exact) mass is 252 g/mol. The third-order valence-corrected chi connectivity index (χ3v) is 3.03. The Bertz CT molecular complexity index is 423. The largest absolute Gasteiger partial charge is 0.344 e. The topological polar surface area (TPSA) is 64.2 Å². The number of aryl methyl sites for hydroxylation is 2. The number of likely N-dealkylation sites (N-methyl/N-ethyl adjacent to an activating group) is 1. The Morgan fingerprint density at radius 3 is 2.56 bits per heavy atom. The van der Waals surface area contributed by atoms with E-state index in [1.54, 1.807) is 9.58 Å². The summed E-state index contributed by atoms with van der Waals surface area (Å²) in [6, 6.07) is 1.97. The Hall–Kier alpha value is -1.36. The fourth-order valence-corrected chi connectivity index (χ4v) is 1.88. The number of hydrogen-bond donors (Lipinski definition) is 1. The van der Waals surface area contributed by atoms with Crippen LogP contribution in [0.5, 0.6) is 0 Å². The van der Waals surface area contributed by atoms with Crippen LogP contribution < -0.4 is 5.73 Å². The van der Waals surface area contributed by atoms with Crippen LogP contribution in [0.4, 0.5) is 0 Å². The molecule has 0 unspecified atom stereocenters. The molecule has 5 heteroatoms. The molecule has 102 valence electrons. The third kappa shape index (κ3) is 3.84. The molecule has 0 saturated carbocycles. The zero-order valence-corrected chi connectivity index (χ0v) is 12.0. The van der Waals surface area contributed by atoms with Gasteiger partial charge in [-0.3, -0.25) is 9.48 Å². The molecular formula is C13H24N4O. The van der Waals surface area contributed by atoms with Crippen molar-refractivity contribution in [2.75, 3.05) is 20.1 Å². The van der Waals surface area contributed by atoms with Gasteiger partial charge in [0.25, 0.3) is 0 Å². The van der Waals surface area contributed by atoms with Gasteiger partial charge >= 0.3 is 0 Å². The van der Waals surface area contributed by atoms with Crippen molar-refractivity contribution in [3.05, 3.63) is 17.5 Å². The first-order chi connectivity index (χ1) is 8.25. The average Bonchev–Trinajstić information content (AvgIpc) is 2.56. The molecule has 0 fully saturated rings. The Kier molecular flexibility index (Phi) is 4.51. The van der Waals surface area contributed by atoms with Crippen molar-refractivity contribution in [3.8, 4) is 0 Å². The normalized spacial score (nSPS) is 11.7. The van der Waals surface area contributed by atoms with Gasteiger partial charge in [-0.2, -0.15) is 5.10 Å². The van der Waals surface area contributed by atoms with E-state index in [1.807, 2.05) is 27.0 Å².